The summed E-state index contributed by atoms with van der Waals surface area (Å²) in [7, 11) is 0. The van der Waals surface area contributed by atoms with Gasteiger partial charge in [0.25, 0.3) is 5.91 Å². The van der Waals surface area contributed by atoms with Gasteiger partial charge in [0.05, 0.1) is 0 Å². The molecule has 0 aliphatic carbocycles. The second kappa shape index (κ2) is 9.20. The highest BCUT2D eigenvalue weighted by Gasteiger charge is 2.12. The maximum Gasteiger partial charge on any atom is 0.344 e. The highest BCUT2D eigenvalue weighted by Crippen LogP contribution is 2.17. The minimum Gasteiger partial charge on any atom is -0.479 e. The first-order valence-electron chi connectivity index (χ1n) is 8.44. The van der Waals surface area contributed by atoms with Crippen LogP contribution in [0, 0.1) is 11.3 Å². The van der Waals surface area contributed by atoms with E-state index in [2.05, 4.69) is 5.32 Å². The molecule has 1 amide bonds. The zero-order valence-electron chi connectivity index (χ0n) is 15.1. The molecule has 2 rings (SSSR count). The van der Waals surface area contributed by atoms with Gasteiger partial charge in [0.2, 0.25) is 0 Å². The molecule has 0 spiro atoms. The zero-order valence-corrected chi connectivity index (χ0v) is 15.1. The molecule has 27 heavy (non-hydrogen) atoms. The average Bonchev–Trinajstić information content (AvgIpc) is 2.67. The Morgan fingerprint density at radius 3 is 2.33 bits per heavy atom. The predicted molar refractivity (Wildman–Crippen MR) is 102 cm³/mol. The number of aliphatic carboxylic acids is 1. The fourth-order valence-corrected chi connectivity index (χ4v) is 2.23. The third-order valence-corrected chi connectivity index (χ3v) is 3.84. The van der Waals surface area contributed by atoms with Gasteiger partial charge >= 0.3 is 5.97 Å². The van der Waals surface area contributed by atoms with Gasteiger partial charge in [0.15, 0.2) is 6.10 Å². The van der Waals surface area contributed by atoms with Crippen molar-refractivity contribution in [1.29, 1.82) is 5.26 Å². The number of carbonyl (C=O) groups excluding carboxylic acids is 1. The maximum absolute atomic E-state index is 12.3. The number of amides is 1. The molecule has 2 N–H and O–H groups in total. The molecule has 0 bridgehead atoms. The van der Waals surface area contributed by atoms with Crippen LogP contribution in [-0.4, -0.2) is 23.1 Å². The second-order valence-electron chi connectivity index (χ2n) is 5.84. The number of carboxylic acid groups (broad SMARTS) is 1. The zero-order chi connectivity index (χ0) is 19.8. The molecule has 2 aromatic carbocycles. The maximum atomic E-state index is 12.3. The lowest BCUT2D eigenvalue weighted by Crippen LogP contribution is -2.22. The third kappa shape index (κ3) is 5.72. The van der Waals surface area contributed by atoms with Gasteiger partial charge in [-0.05, 0) is 54.8 Å². The Kier molecular flexibility index (Phi) is 6.73. The first-order chi connectivity index (χ1) is 12.9. The molecule has 0 saturated heterocycles. The molecule has 0 aliphatic rings. The van der Waals surface area contributed by atoms with Crippen molar-refractivity contribution >= 4 is 23.6 Å². The standard InChI is InChI=1S/C21H20N2O4/c1-3-15-4-8-18(9-5-15)23-20(24)17(13-22)12-16-6-10-19(11-7-16)27-14(2)21(25)26/h4-12,14H,3H2,1-2H3,(H,23,24)(H,25,26)/b17-12-/t14-/m1/s1. The number of ether oxygens (including phenoxy) is 1. The fraction of sp³-hybridized carbons (Fsp3) is 0.190. The first kappa shape index (κ1) is 19.7. The molecule has 138 valence electrons. The minimum atomic E-state index is -1.06. The Labute approximate surface area is 157 Å². The molecule has 0 fully saturated rings. The quantitative estimate of drug-likeness (QED) is 0.577. The van der Waals surface area contributed by atoms with Gasteiger partial charge in [-0.3, -0.25) is 4.79 Å². The normalized spacial score (nSPS) is 12.0. The third-order valence-electron chi connectivity index (χ3n) is 3.84. The van der Waals surface area contributed by atoms with Crippen LogP contribution in [0.25, 0.3) is 6.08 Å². The number of nitriles is 1. The van der Waals surface area contributed by atoms with E-state index in [1.165, 1.54) is 13.0 Å². The number of anilines is 1. The molecule has 6 nitrogen and oxygen atoms in total. The highest BCUT2D eigenvalue weighted by atomic mass is 16.5. The predicted octanol–water partition coefficient (Wildman–Crippen LogP) is 3.65. The van der Waals surface area contributed by atoms with Crippen molar-refractivity contribution in [1.82, 2.24) is 0 Å². The number of hydrogen-bond acceptors (Lipinski definition) is 4. The summed E-state index contributed by atoms with van der Waals surface area (Å²) in [4.78, 5) is 23.1. The summed E-state index contributed by atoms with van der Waals surface area (Å²) in [5.41, 5.74) is 2.36. The van der Waals surface area contributed by atoms with Crippen molar-refractivity contribution in [2.75, 3.05) is 5.32 Å². The Hall–Kier alpha value is -3.59. The van der Waals surface area contributed by atoms with E-state index in [0.717, 1.165) is 12.0 Å². The highest BCUT2D eigenvalue weighted by molar-refractivity contribution is 6.09. The van der Waals surface area contributed by atoms with Gasteiger partial charge < -0.3 is 15.2 Å². The van der Waals surface area contributed by atoms with Crippen molar-refractivity contribution in [2.45, 2.75) is 26.4 Å². The number of rotatable bonds is 7. The van der Waals surface area contributed by atoms with E-state index >= 15 is 0 Å². The molecule has 2 aromatic rings. The van der Waals surface area contributed by atoms with Gasteiger partial charge in [-0.2, -0.15) is 5.26 Å². The van der Waals surface area contributed by atoms with Crippen molar-refractivity contribution in [3.63, 3.8) is 0 Å². The molecule has 0 radical (unpaired) electrons. The number of aryl methyl sites for hydroxylation is 1. The summed E-state index contributed by atoms with van der Waals surface area (Å²) in [6.45, 7) is 3.48. The summed E-state index contributed by atoms with van der Waals surface area (Å²) in [5, 5.41) is 20.8. The molecule has 0 aromatic heterocycles. The van der Waals surface area contributed by atoms with Gasteiger partial charge in [0.1, 0.15) is 17.4 Å². The van der Waals surface area contributed by atoms with Crippen LogP contribution < -0.4 is 10.1 Å². The molecule has 6 heteroatoms. The Morgan fingerprint density at radius 2 is 1.81 bits per heavy atom. The van der Waals surface area contributed by atoms with Gasteiger partial charge in [-0.15, -0.1) is 0 Å². The molecular formula is C21H20N2O4. The van der Waals surface area contributed by atoms with E-state index in [-0.39, 0.29) is 5.57 Å². The number of nitrogens with one attached hydrogen (secondary N) is 1. The lowest BCUT2D eigenvalue weighted by molar-refractivity contribution is -0.144. The summed E-state index contributed by atoms with van der Waals surface area (Å²) in [6, 6.07) is 15.8. The molecule has 0 unspecified atom stereocenters. The van der Waals surface area contributed by atoms with Crippen molar-refractivity contribution in [2.24, 2.45) is 0 Å². The SMILES string of the molecule is CCc1ccc(NC(=O)/C(C#N)=C\c2ccc(O[C@H](C)C(=O)O)cc2)cc1. The molecule has 0 saturated carbocycles. The van der Waals surface area contributed by atoms with Gasteiger partial charge in [0, 0.05) is 5.69 Å². The van der Waals surface area contributed by atoms with Crippen molar-refractivity contribution in [3.05, 3.63) is 65.2 Å². The Bertz CT molecular complexity index is 878. The lowest BCUT2D eigenvalue weighted by Gasteiger charge is -2.10. The summed E-state index contributed by atoms with van der Waals surface area (Å²) in [6.07, 6.45) is 1.40. The first-order valence-corrected chi connectivity index (χ1v) is 8.44. The number of carbonyl (C=O) groups is 2. The minimum absolute atomic E-state index is 0.0397. The molecule has 0 aliphatic heterocycles. The molecule has 1 atom stereocenters. The van der Waals surface area contributed by atoms with E-state index in [0.29, 0.717) is 17.0 Å². The van der Waals surface area contributed by atoms with Crippen LogP contribution in [0.2, 0.25) is 0 Å². The van der Waals surface area contributed by atoms with Crippen molar-refractivity contribution < 1.29 is 19.4 Å². The van der Waals surface area contributed by atoms with Crippen molar-refractivity contribution in [3.8, 4) is 11.8 Å². The average molecular weight is 364 g/mol. The second-order valence-corrected chi connectivity index (χ2v) is 5.84. The van der Waals surface area contributed by atoms with Gasteiger partial charge in [-0.1, -0.05) is 31.2 Å². The van der Waals surface area contributed by atoms with Crippen LogP contribution in [0.15, 0.2) is 54.1 Å². The number of carboxylic acids is 1. The number of nitrogens with zero attached hydrogens (tertiary/aromatic N) is 1. The smallest absolute Gasteiger partial charge is 0.344 e. The van der Waals surface area contributed by atoms with E-state index in [1.54, 1.807) is 36.4 Å². The van der Waals surface area contributed by atoms with Gasteiger partial charge in [-0.25, -0.2) is 4.79 Å². The molecule has 0 heterocycles. The topological polar surface area (TPSA) is 99.4 Å². The van der Waals surface area contributed by atoms with E-state index in [1.807, 2.05) is 25.1 Å². The Balaban J connectivity index is 2.08. The summed E-state index contributed by atoms with van der Waals surface area (Å²) < 4.78 is 5.24. The lowest BCUT2D eigenvalue weighted by atomic mass is 10.1. The largest absolute Gasteiger partial charge is 0.479 e. The summed E-state index contributed by atoms with van der Waals surface area (Å²) in [5.74, 6) is -1.17. The Morgan fingerprint density at radius 1 is 1.19 bits per heavy atom. The van der Waals surface area contributed by atoms with E-state index in [9.17, 15) is 14.9 Å². The number of hydrogen-bond donors (Lipinski definition) is 2. The van der Waals surface area contributed by atoms with Crippen LogP contribution in [0.5, 0.6) is 5.75 Å². The van der Waals surface area contributed by atoms with E-state index in [4.69, 9.17) is 9.84 Å². The van der Waals surface area contributed by atoms with Crippen LogP contribution in [0.1, 0.15) is 25.0 Å². The van der Waals surface area contributed by atoms with Crippen LogP contribution in [0.4, 0.5) is 5.69 Å². The molecular weight excluding hydrogens is 344 g/mol. The van der Waals surface area contributed by atoms with E-state index < -0.39 is 18.0 Å². The summed E-state index contributed by atoms with van der Waals surface area (Å²) >= 11 is 0. The van der Waals surface area contributed by atoms with Crippen LogP contribution >= 0.6 is 0 Å². The monoisotopic (exact) mass is 364 g/mol. The van der Waals surface area contributed by atoms with Crippen LogP contribution in [-0.2, 0) is 16.0 Å². The fourth-order valence-electron chi connectivity index (χ4n) is 2.23. The number of benzene rings is 2. The van der Waals surface area contributed by atoms with Crippen LogP contribution in [0.3, 0.4) is 0 Å².